The van der Waals surface area contributed by atoms with Crippen molar-refractivity contribution in [3.05, 3.63) is 52.3 Å². The molecule has 0 fully saturated rings. The summed E-state index contributed by atoms with van der Waals surface area (Å²) < 4.78 is 25.4. The highest BCUT2D eigenvalue weighted by Crippen LogP contribution is 2.46. The molecule has 2 aromatic rings. The number of ether oxygens (including phenoxy) is 2. The Balaban J connectivity index is 2.48. The summed E-state index contributed by atoms with van der Waals surface area (Å²) in [6.07, 6.45) is 4.03. The van der Waals surface area contributed by atoms with Crippen molar-refractivity contribution >= 4 is 12.4 Å². The third-order valence-electron chi connectivity index (χ3n) is 4.63. The zero-order valence-corrected chi connectivity index (χ0v) is 14.9. The molecule has 4 rings (SSSR count). The Morgan fingerprint density at radius 2 is 1.92 bits per heavy atom. The first kappa shape index (κ1) is 17.2. The number of carbonyl (C=O) groups excluding carboxylic acids is 1. The Bertz CT molecular complexity index is 866. The van der Waals surface area contributed by atoms with E-state index in [0.717, 1.165) is 45.4 Å². The average molecular weight is 340 g/mol. The van der Waals surface area contributed by atoms with Crippen molar-refractivity contribution in [1.29, 1.82) is 0 Å². The van der Waals surface area contributed by atoms with E-state index in [1.807, 2.05) is 13.8 Å². The lowest BCUT2D eigenvalue weighted by atomic mass is 9.83. The molecule has 0 saturated heterocycles. The maximum atomic E-state index is 13.7. The highest BCUT2D eigenvalue weighted by molar-refractivity contribution is 5.88. The molecule has 2 aromatic carbocycles. The van der Waals surface area contributed by atoms with Crippen LogP contribution in [0.3, 0.4) is 0 Å². The van der Waals surface area contributed by atoms with Gasteiger partial charge in [-0.25, -0.2) is 4.39 Å². The highest BCUT2D eigenvalue weighted by Gasteiger charge is 2.26. The van der Waals surface area contributed by atoms with Gasteiger partial charge in [0.15, 0.2) is 0 Å². The standard InChI is InChI=1S/C21H21FO3/c1-12(2)19-17(6-5-9-23)20-13(3)14(4)21(19)25-11-24-18-10-15(22)7-8-16(18)20/h5-10,12H,11H2,1-4H3/b6-5+. The van der Waals surface area contributed by atoms with Gasteiger partial charge in [-0.1, -0.05) is 19.9 Å². The summed E-state index contributed by atoms with van der Waals surface area (Å²) in [5, 5.41) is 0. The second kappa shape index (κ2) is 6.71. The van der Waals surface area contributed by atoms with Gasteiger partial charge in [-0.2, -0.15) is 0 Å². The molecule has 3 nitrogen and oxygen atoms in total. The quantitative estimate of drug-likeness (QED) is 0.571. The molecule has 2 aliphatic heterocycles. The van der Waals surface area contributed by atoms with Crippen molar-refractivity contribution in [3.8, 4) is 22.6 Å². The number of fused-ring (bicyclic) bond motifs is 4. The molecule has 2 aliphatic rings. The Labute approximate surface area is 147 Å². The van der Waals surface area contributed by atoms with E-state index in [9.17, 15) is 9.18 Å². The van der Waals surface area contributed by atoms with E-state index in [1.165, 1.54) is 18.2 Å². The van der Waals surface area contributed by atoms with Gasteiger partial charge in [0.25, 0.3) is 0 Å². The summed E-state index contributed by atoms with van der Waals surface area (Å²) in [6, 6.07) is 4.51. The lowest BCUT2D eigenvalue weighted by Crippen LogP contribution is -2.09. The summed E-state index contributed by atoms with van der Waals surface area (Å²) >= 11 is 0. The molecule has 25 heavy (non-hydrogen) atoms. The predicted molar refractivity (Wildman–Crippen MR) is 96.6 cm³/mol. The van der Waals surface area contributed by atoms with E-state index in [2.05, 4.69) is 13.8 Å². The molecule has 0 aliphatic carbocycles. The minimum absolute atomic E-state index is 0.00455. The highest BCUT2D eigenvalue weighted by atomic mass is 19.1. The van der Waals surface area contributed by atoms with E-state index in [-0.39, 0.29) is 18.5 Å². The van der Waals surface area contributed by atoms with Gasteiger partial charge in [-0.05, 0) is 60.2 Å². The lowest BCUT2D eigenvalue weighted by Gasteiger charge is -2.23. The van der Waals surface area contributed by atoms with Crippen molar-refractivity contribution < 1.29 is 18.7 Å². The van der Waals surface area contributed by atoms with Crippen LogP contribution in [0, 0.1) is 19.7 Å². The zero-order valence-electron chi connectivity index (χ0n) is 14.9. The van der Waals surface area contributed by atoms with E-state index in [4.69, 9.17) is 9.47 Å². The maximum Gasteiger partial charge on any atom is 0.230 e. The molecule has 2 heterocycles. The molecule has 2 bridgehead atoms. The number of hydrogen-bond acceptors (Lipinski definition) is 3. The van der Waals surface area contributed by atoms with Gasteiger partial charge in [0.05, 0.1) is 0 Å². The van der Waals surface area contributed by atoms with Crippen LogP contribution in [0.4, 0.5) is 4.39 Å². The zero-order chi connectivity index (χ0) is 18.1. The van der Waals surface area contributed by atoms with Crippen LogP contribution in [0.15, 0.2) is 24.3 Å². The van der Waals surface area contributed by atoms with Crippen molar-refractivity contribution in [2.45, 2.75) is 33.6 Å². The lowest BCUT2D eigenvalue weighted by molar-refractivity contribution is -0.104. The fourth-order valence-corrected chi connectivity index (χ4v) is 3.41. The normalized spacial score (nSPS) is 13.0. The number of aldehydes is 1. The summed E-state index contributed by atoms with van der Waals surface area (Å²) in [5.41, 5.74) is 5.75. The largest absolute Gasteiger partial charge is 0.457 e. The third kappa shape index (κ3) is 2.93. The molecule has 0 aromatic heterocycles. The van der Waals surface area contributed by atoms with Gasteiger partial charge < -0.3 is 9.47 Å². The Morgan fingerprint density at radius 3 is 2.60 bits per heavy atom. The van der Waals surface area contributed by atoms with Gasteiger partial charge in [0.1, 0.15) is 23.6 Å². The first-order valence-corrected chi connectivity index (χ1v) is 8.30. The monoisotopic (exact) mass is 340 g/mol. The molecule has 0 saturated carbocycles. The third-order valence-corrected chi connectivity index (χ3v) is 4.63. The Kier molecular flexibility index (Phi) is 4.62. The van der Waals surface area contributed by atoms with Gasteiger partial charge in [0.2, 0.25) is 6.79 Å². The topological polar surface area (TPSA) is 35.5 Å². The van der Waals surface area contributed by atoms with Gasteiger partial charge in [-0.15, -0.1) is 0 Å². The van der Waals surface area contributed by atoms with E-state index < -0.39 is 0 Å². The molecule has 0 atom stereocenters. The molecular formula is C21H21FO3. The van der Waals surface area contributed by atoms with E-state index >= 15 is 0 Å². The van der Waals surface area contributed by atoms with Gasteiger partial charge in [-0.3, -0.25) is 4.79 Å². The van der Waals surface area contributed by atoms with Crippen LogP contribution in [0.25, 0.3) is 17.2 Å². The number of carbonyl (C=O) groups is 1. The summed E-state index contributed by atoms with van der Waals surface area (Å²) in [4.78, 5) is 10.9. The first-order chi connectivity index (χ1) is 12.0. The van der Waals surface area contributed by atoms with Crippen LogP contribution < -0.4 is 9.47 Å². The summed E-state index contributed by atoms with van der Waals surface area (Å²) in [7, 11) is 0. The minimum Gasteiger partial charge on any atom is -0.457 e. The minimum atomic E-state index is -0.364. The molecule has 0 N–H and O–H groups in total. The molecule has 0 amide bonds. The average Bonchev–Trinajstić information content (AvgIpc) is 2.66. The van der Waals surface area contributed by atoms with E-state index in [1.54, 1.807) is 12.1 Å². The SMILES string of the molecule is Cc1c(C)c2c(/C=C/C=O)c(C(C)C)c1OCOc1cc(F)ccc1-2. The number of hydrogen-bond donors (Lipinski definition) is 0. The predicted octanol–water partition coefficient (Wildman–Crippen LogP) is 5.17. The Morgan fingerprint density at radius 1 is 1.16 bits per heavy atom. The first-order valence-electron chi connectivity index (χ1n) is 8.30. The molecule has 0 unspecified atom stereocenters. The van der Waals surface area contributed by atoms with Crippen LogP contribution in [0.5, 0.6) is 11.5 Å². The summed E-state index contributed by atoms with van der Waals surface area (Å²) in [5.74, 6) is 1.03. The molecular weight excluding hydrogens is 319 g/mol. The number of allylic oxidation sites excluding steroid dienone is 1. The van der Waals surface area contributed by atoms with Crippen LogP contribution in [-0.4, -0.2) is 13.1 Å². The van der Waals surface area contributed by atoms with Crippen LogP contribution in [0.1, 0.15) is 42.0 Å². The molecule has 0 radical (unpaired) electrons. The van der Waals surface area contributed by atoms with Crippen molar-refractivity contribution in [2.24, 2.45) is 0 Å². The van der Waals surface area contributed by atoms with Crippen molar-refractivity contribution in [3.63, 3.8) is 0 Å². The van der Waals surface area contributed by atoms with Crippen LogP contribution in [-0.2, 0) is 4.79 Å². The summed E-state index contributed by atoms with van der Waals surface area (Å²) in [6.45, 7) is 8.21. The Hall–Kier alpha value is -2.62. The maximum absolute atomic E-state index is 13.7. The van der Waals surface area contributed by atoms with Gasteiger partial charge >= 0.3 is 0 Å². The fraction of sp³-hybridized carbons (Fsp3) is 0.286. The van der Waals surface area contributed by atoms with Crippen molar-refractivity contribution in [2.75, 3.05) is 6.79 Å². The van der Waals surface area contributed by atoms with E-state index in [0.29, 0.717) is 5.75 Å². The molecule has 4 heteroatoms. The fourth-order valence-electron chi connectivity index (χ4n) is 3.41. The number of rotatable bonds is 3. The van der Waals surface area contributed by atoms with Crippen molar-refractivity contribution in [1.82, 2.24) is 0 Å². The van der Waals surface area contributed by atoms with Crippen LogP contribution >= 0.6 is 0 Å². The molecule has 130 valence electrons. The smallest absolute Gasteiger partial charge is 0.230 e. The van der Waals surface area contributed by atoms with Crippen LogP contribution in [0.2, 0.25) is 0 Å². The second-order valence-corrected chi connectivity index (χ2v) is 6.48. The molecule has 0 spiro atoms. The number of halogens is 1. The second-order valence-electron chi connectivity index (χ2n) is 6.48. The number of benzene rings is 2. The van der Waals surface area contributed by atoms with Gasteiger partial charge in [0, 0.05) is 17.2 Å².